The lowest BCUT2D eigenvalue weighted by Gasteiger charge is -2.05. The van der Waals surface area contributed by atoms with Crippen LogP contribution in [0.2, 0.25) is 5.02 Å². The van der Waals surface area contributed by atoms with E-state index in [4.69, 9.17) is 17.3 Å². The molecule has 0 amide bonds. The maximum absolute atomic E-state index is 14.0. The van der Waals surface area contributed by atoms with Crippen molar-refractivity contribution in [2.24, 2.45) is 0 Å². The Morgan fingerprint density at radius 2 is 2.04 bits per heavy atom. The summed E-state index contributed by atoms with van der Waals surface area (Å²) in [6.45, 7) is 0.170. The van der Waals surface area contributed by atoms with Crippen molar-refractivity contribution < 1.29 is 4.39 Å². The summed E-state index contributed by atoms with van der Waals surface area (Å²) in [5, 5.41) is 5.32. The summed E-state index contributed by atoms with van der Waals surface area (Å²) in [7, 11) is 0. The van der Waals surface area contributed by atoms with Crippen molar-refractivity contribution in [3.05, 3.63) is 65.3 Å². The molecule has 0 radical (unpaired) electrons. The first-order valence-electron chi connectivity index (χ1n) is 7.46. The van der Waals surface area contributed by atoms with Crippen LogP contribution in [0.5, 0.6) is 0 Å². The van der Waals surface area contributed by atoms with Crippen LogP contribution in [0.4, 0.5) is 10.2 Å². The van der Waals surface area contributed by atoms with Gasteiger partial charge in [0.25, 0.3) is 0 Å². The standard InChI is InChI=1S/C17H12ClFN6/c18-13-4-1-5-14(19)11(13)8-25-9-12-15(20)22-16(23-17(12)24-25)10-3-2-6-21-7-10/h1-7,9H,8H2,(H2,20,22,23,24). The van der Waals surface area contributed by atoms with Crippen LogP contribution >= 0.6 is 11.6 Å². The molecule has 124 valence electrons. The number of halogens is 2. The number of hydrogen-bond acceptors (Lipinski definition) is 5. The Labute approximate surface area is 147 Å². The van der Waals surface area contributed by atoms with Gasteiger partial charge >= 0.3 is 0 Å². The highest BCUT2D eigenvalue weighted by atomic mass is 35.5. The van der Waals surface area contributed by atoms with E-state index >= 15 is 0 Å². The maximum Gasteiger partial charge on any atom is 0.186 e. The van der Waals surface area contributed by atoms with Gasteiger partial charge in [0.05, 0.1) is 11.9 Å². The summed E-state index contributed by atoms with van der Waals surface area (Å²) < 4.78 is 15.5. The molecule has 2 N–H and O–H groups in total. The van der Waals surface area contributed by atoms with E-state index in [2.05, 4.69) is 20.1 Å². The lowest BCUT2D eigenvalue weighted by Crippen LogP contribution is -2.03. The lowest BCUT2D eigenvalue weighted by molar-refractivity contribution is 0.586. The summed E-state index contributed by atoms with van der Waals surface area (Å²) >= 11 is 6.07. The van der Waals surface area contributed by atoms with Crippen LogP contribution in [0.1, 0.15) is 5.56 Å². The first-order chi connectivity index (χ1) is 12.1. The van der Waals surface area contributed by atoms with Gasteiger partial charge < -0.3 is 5.73 Å². The first kappa shape index (κ1) is 15.5. The molecule has 0 aliphatic rings. The van der Waals surface area contributed by atoms with E-state index in [0.29, 0.717) is 33.3 Å². The second kappa shape index (κ2) is 6.10. The van der Waals surface area contributed by atoms with E-state index in [1.807, 2.05) is 6.07 Å². The number of hydrogen-bond donors (Lipinski definition) is 1. The SMILES string of the molecule is Nc1nc(-c2cccnc2)nc2nn(Cc3c(F)cccc3Cl)cc12. The molecular formula is C17H12ClFN6. The molecule has 4 aromatic rings. The quantitative estimate of drug-likeness (QED) is 0.610. The van der Waals surface area contributed by atoms with Gasteiger partial charge in [0.1, 0.15) is 11.6 Å². The molecule has 6 nitrogen and oxygen atoms in total. The zero-order valence-corrected chi connectivity index (χ0v) is 13.7. The molecule has 1 aromatic carbocycles. The average Bonchev–Trinajstić information content (AvgIpc) is 3.02. The van der Waals surface area contributed by atoms with E-state index in [1.54, 1.807) is 41.5 Å². The molecule has 0 bridgehead atoms. The van der Waals surface area contributed by atoms with Crippen LogP contribution in [0, 0.1) is 5.82 Å². The van der Waals surface area contributed by atoms with Crippen molar-refractivity contribution in [2.45, 2.75) is 6.54 Å². The van der Waals surface area contributed by atoms with Crippen molar-refractivity contribution >= 4 is 28.5 Å². The fraction of sp³-hybridized carbons (Fsp3) is 0.0588. The van der Waals surface area contributed by atoms with E-state index in [9.17, 15) is 4.39 Å². The van der Waals surface area contributed by atoms with Crippen LogP contribution < -0.4 is 5.73 Å². The van der Waals surface area contributed by atoms with Crippen molar-refractivity contribution in [3.63, 3.8) is 0 Å². The predicted octanol–water partition coefficient (Wildman–Crippen LogP) is 3.31. The van der Waals surface area contributed by atoms with Gasteiger partial charge in [0.2, 0.25) is 0 Å². The van der Waals surface area contributed by atoms with Gasteiger partial charge in [-0.2, -0.15) is 5.10 Å². The van der Waals surface area contributed by atoms with E-state index in [-0.39, 0.29) is 12.4 Å². The highest BCUT2D eigenvalue weighted by Crippen LogP contribution is 2.24. The predicted molar refractivity (Wildman–Crippen MR) is 93.5 cm³/mol. The summed E-state index contributed by atoms with van der Waals surface area (Å²) in [6.07, 6.45) is 5.00. The normalized spacial score (nSPS) is 11.1. The smallest absolute Gasteiger partial charge is 0.186 e. The molecule has 0 fully saturated rings. The number of aromatic nitrogens is 5. The number of nitrogens with zero attached hydrogens (tertiary/aromatic N) is 5. The highest BCUT2D eigenvalue weighted by molar-refractivity contribution is 6.31. The number of nitrogens with two attached hydrogens (primary N) is 1. The van der Waals surface area contributed by atoms with Crippen molar-refractivity contribution in [3.8, 4) is 11.4 Å². The van der Waals surface area contributed by atoms with Crippen LogP contribution in [-0.4, -0.2) is 24.7 Å². The third kappa shape index (κ3) is 2.89. The van der Waals surface area contributed by atoms with Crippen molar-refractivity contribution in [1.29, 1.82) is 0 Å². The van der Waals surface area contributed by atoms with Crippen molar-refractivity contribution in [2.75, 3.05) is 5.73 Å². The zero-order chi connectivity index (χ0) is 17.4. The number of benzene rings is 1. The molecule has 0 saturated carbocycles. The number of rotatable bonds is 3. The highest BCUT2D eigenvalue weighted by Gasteiger charge is 2.13. The van der Waals surface area contributed by atoms with Gasteiger partial charge in [-0.3, -0.25) is 9.67 Å². The summed E-state index contributed by atoms with van der Waals surface area (Å²) in [4.78, 5) is 12.8. The fourth-order valence-electron chi connectivity index (χ4n) is 2.52. The van der Waals surface area contributed by atoms with Gasteiger partial charge in [-0.15, -0.1) is 0 Å². The van der Waals surface area contributed by atoms with E-state index in [0.717, 1.165) is 5.56 Å². The van der Waals surface area contributed by atoms with Crippen LogP contribution in [0.3, 0.4) is 0 Å². The number of nitrogen functional groups attached to an aromatic ring is 1. The van der Waals surface area contributed by atoms with E-state index in [1.165, 1.54) is 6.07 Å². The van der Waals surface area contributed by atoms with Crippen molar-refractivity contribution in [1.82, 2.24) is 24.7 Å². The maximum atomic E-state index is 14.0. The van der Waals surface area contributed by atoms with E-state index < -0.39 is 0 Å². The average molecular weight is 355 g/mol. The molecular weight excluding hydrogens is 343 g/mol. The third-order valence-corrected chi connectivity index (χ3v) is 4.11. The number of fused-ring (bicyclic) bond motifs is 1. The topological polar surface area (TPSA) is 82.5 Å². The third-order valence-electron chi connectivity index (χ3n) is 3.76. The Kier molecular flexibility index (Phi) is 3.77. The molecule has 0 aliphatic heterocycles. The van der Waals surface area contributed by atoms with Crippen LogP contribution in [0.25, 0.3) is 22.4 Å². The Balaban J connectivity index is 1.77. The molecule has 0 unspecified atom stereocenters. The Morgan fingerprint density at radius 3 is 2.80 bits per heavy atom. The van der Waals surface area contributed by atoms with Crippen LogP contribution in [-0.2, 0) is 6.54 Å². The lowest BCUT2D eigenvalue weighted by atomic mass is 10.2. The number of anilines is 1. The Bertz CT molecular complexity index is 1040. The van der Waals surface area contributed by atoms with Gasteiger partial charge in [-0.1, -0.05) is 17.7 Å². The molecule has 4 rings (SSSR count). The minimum atomic E-state index is -0.387. The van der Waals surface area contributed by atoms with Gasteiger partial charge in [-0.05, 0) is 24.3 Å². The minimum Gasteiger partial charge on any atom is -0.383 e. The summed E-state index contributed by atoms with van der Waals surface area (Å²) in [6, 6.07) is 8.18. The molecule has 0 atom stereocenters. The van der Waals surface area contributed by atoms with Gasteiger partial charge in [-0.25, -0.2) is 14.4 Å². The van der Waals surface area contributed by atoms with Crippen LogP contribution in [0.15, 0.2) is 48.9 Å². The molecule has 0 spiro atoms. The Morgan fingerprint density at radius 1 is 1.16 bits per heavy atom. The Hall–Kier alpha value is -3.06. The molecule has 25 heavy (non-hydrogen) atoms. The second-order valence-corrected chi connectivity index (χ2v) is 5.85. The minimum absolute atomic E-state index is 0.170. The number of pyridine rings is 1. The summed E-state index contributed by atoms with van der Waals surface area (Å²) in [5.41, 5.74) is 7.56. The molecule has 0 saturated heterocycles. The van der Waals surface area contributed by atoms with Gasteiger partial charge in [0, 0.05) is 34.7 Å². The molecule has 3 aromatic heterocycles. The fourth-order valence-corrected chi connectivity index (χ4v) is 2.75. The second-order valence-electron chi connectivity index (χ2n) is 5.44. The summed E-state index contributed by atoms with van der Waals surface area (Å²) in [5.74, 6) is 0.351. The molecule has 8 heteroatoms. The first-order valence-corrected chi connectivity index (χ1v) is 7.83. The zero-order valence-electron chi connectivity index (χ0n) is 12.9. The molecule has 0 aliphatic carbocycles. The van der Waals surface area contributed by atoms with Gasteiger partial charge in [0.15, 0.2) is 11.5 Å². The molecule has 3 heterocycles. The monoisotopic (exact) mass is 354 g/mol. The largest absolute Gasteiger partial charge is 0.383 e.